The van der Waals surface area contributed by atoms with Gasteiger partial charge in [0.25, 0.3) is 0 Å². The molecule has 0 aliphatic carbocycles. The number of hydrogen-bond acceptors (Lipinski definition) is 6. The molecule has 5 rings (SSSR count). The van der Waals surface area contributed by atoms with Crippen molar-refractivity contribution in [2.24, 2.45) is 0 Å². The zero-order valence-electron chi connectivity index (χ0n) is 12.9. The van der Waals surface area contributed by atoms with Crippen LogP contribution in [0.3, 0.4) is 0 Å². The van der Waals surface area contributed by atoms with E-state index in [0.717, 1.165) is 32.8 Å². The van der Waals surface area contributed by atoms with Gasteiger partial charge in [-0.1, -0.05) is 33.2 Å². The molecule has 1 atom stereocenters. The second kappa shape index (κ2) is 5.59. The Hall–Kier alpha value is -2.87. The van der Waals surface area contributed by atoms with Crippen LogP contribution in [0.2, 0.25) is 0 Å². The van der Waals surface area contributed by atoms with E-state index in [2.05, 4.69) is 55.0 Å². The largest absolute Gasteiger partial charge is 0.454 e. The zero-order chi connectivity index (χ0) is 16.8. The van der Waals surface area contributed by atoms with Gasteiger partial charge in [0, 0.05) is 15.7 Å². The number of allylic oxidation sites excluding steroid dienone is 1. The van der Waals surface area contributed by atoms with Gasteiger partial charge in [-0.15, -0.1) is 0 Å². The molecule has 1 N–H and O–H groups in total. The highest BCUT2D eigenvalue weighted by Gasteiger charge is 2.25. The second-order valence-corrected chi connectivity index (χ2v) is 6.63. The fourth-order valence-electron chi connectivity index (χ4n) is 2.98. The number of ether oxygens (including phenoxy) is 2. The summed E-state index contributed by atoms with van der Waals surface area (Å²) in [6.07, 6.45) is 2.10. The number of hydrogen-bond donors (Lipinski definition) is 1. The molecule has 1 aromatic heterocycles. The molecule has 2 aliphatic heterocycles. The van der Waals surface area contributed by atoms with Gasteiger partial charge in [-0.2, -0.15) is 4.68 Å². The van der Waals surface area contributed by atoms with Crippen molar-refractivity contribution in [2.45, 2.75) is 6.04 Å². The van der Waals surface area contributed by atoms with Gasteiger partial charge < -0.3 is 14.8 Å². The fourth-order valence-corrected chi connectivity index (χ4v) is 3.25. The smallest absolute Gasteiger partial charge is 0.248 e. The molecule has 2 aromatic carbocycles. The Bertz CT molecular complexity index is 983. The molecule has 124 valence electrons. The molecule has 0 radical (unpaired) electrons. The van der Waals surface area contributed by atoms with Gasteiger partial charge in [0.15, 0.2) is 11.5 Å². The lowest BCUT2D eigenvalue weighted by atomic mass is 10.0. The molecule has 0 saturated carbocycles. The molecule has 3 heterocycles. The van der Waals surface area contributed by atoms with Crippen molar-refractivity contribution in [1.29, 1.82) is 0 Å². The Morgan fingerprint density at radius 2 is 1.92 bits per heavy atom. The number of tetrazole rings is 1. The van der Waals surface area contributed by atoms with Crippen LogP contribution in [-0.2, 0) is 0 Å². The predicted molar refractivity (Wildman–Crippen MR) is 94.3 cm³/mol. The Kier molecular flexibility index (Phi) is 3.24. The number of aromatic nitrogens is 4. The lowest BCUT2D eigenvalue weighted by Gasteiger charge is -2.23. The van der Waals surface area contributed by atoms with Crippen LogP contribution in [0.4, 0.5) is 5.95 Å². The SMILES string of the molecule is Brc1ccc(C2C=C(c3ccc4c(c3)OCO4)Nc3nnnn32)cc1. The number of rotatable bonds is 2. The molecule has 2 aliphatic rings. The molecule has 3 aromatic rings. The van der Waals surface area contributed by atoms with Crippen LogP contribution in [0.25, 0.3) is 5.70 Å². The molecule has 0 spiro atoms. The topological polar surface area (TPSA) is 74.1 Å². The normalized spacial score (nSPS) is 17.6. The average Bonchev–Trinajstić information content (AvgIpc) is 3.29. The van der Waals surface area contributed by atoms with E-state index in [0.29, 0.717) is 5.95 Å². The molecule has 0 bridgehead atoms. The highest BCUT2D eigenvalue weighted by atomic mass is 79.9. The van der Waals surface area contributed by atoms with E-state index in [1.165, 1.54) is 0 Å². The maximum Gasteiger partial charge on any atom is 0.248 e. The van der Waals surface area contributed by atoms with Crippen LogP contribution in [-0.4, -0.2) is 27.0 Å². The van der Waals surface area contributed by atoms with Gasteiger partial charge in [0.1, 0.15) is 6.04 Å². The van der Waals surface area contributed by atoms with Crippen LogP contribution < -0.4 is 14.8 Å². The van der Waals surface area contributed by atoms with Gasteiger partial charge in [0.2, 0.25) is 12.7 Å². The monoisotopic (exact) mass is 397 g/mol. The van der Waals surface area contributed by atoms with Crippen molar-refractivity contribution in [3.8, 4) is 11.5 Å². The summed E-state index contributed by atoms with van der Waals surface area (Å²) in [4.78, 5) is 0. The lowest BCUT2D eigenvalue weighted by molar-refractivity contribution is 0.174. The summed E-state index contributed by atoms with van der Waals surface area (Å²) in [5, 5.41) is 15.3. The van der Waals surface area contributed by atoms with E-state index < -0.39 is 0 Å². The Morgan fingerprint density at radius 3 is 2.80 bits per heavy atom. The first-order valence-electron chi connectivity index (χ1n) is 7.70. The number of fused-ring (bicyclic) bond motifs is 2. The average molecular weight is 398 g/mol. The minimum absolute atomic E-state index is 0.0974. The van der Waals surface area contributed by atoms with E-state index in [4.69, 9.17) is 9.47 Å². The minimum atomic E-state index is -0.0974. The Balaban J connectivity index is 1.59. The standard InChI is InChI=1S/C17H12BrN5O2/c18-12-4-1-10(2-5-12)14-8-13(19-17-20-21-22-23(14)17)11-3-6-15-16(7-11)25-9-24-15/h1-8,14H,9H2,(H,19,20,22). The highest BCUT2D eigenvalue weighted by molar-refractivity contribution is 9.10. The van der Waals surface area contributed by atoms with Gasteiger partial charge >= 0.3 is 0 Å². The van der Waals surface area contributed by atoms with E-state index in [9.17, 15) is 0 Å². The van der Waals surface area contributed by atoms with Crippen molar-refractivity contribution in [1.82, 2.24) is 20.2 Å². The quantitative estimate of drug-likeness (QED) is 0.715. The third-order valence-corrected chi connectivity index (χ3v) is 4.75. The summed E-state index contributed by atoms with van der Waals surface area (Å²) in [6.45, 7) is 0.255. The first-order chi connectivity index (χ1) is 12.3. The van der Waals surface area contributed by atoms with E-state index in [-0.39, 0.29) is 12.8 Å². The van der Waals surface area contributed by atoms with Crippen LogP contribution in [0.5, 0.6) is 11.5 Å². The Labute approximate surface area is 151 Å². The molecular formula is C17H12BrN5O2. The first-order valence-corrected chi connectivity index (χ1v) is 8.49. The van der Waals surface area contributed by atoms with Crippen molar-refractivity contribution in [2.75, 3.05) is 12.1 Å². The lowest BCUT2D eigenvalue weighted by Crippen LogP contribution is -2.20. The highest BCUT2D eigenvalue weighted by Crippen LogP contribution is 2.37. The summed E-state index contributed by atoms with van der Waals surface area (Å²) < 4.78 is 13.7. The van der Waals surface area contributed by atoms with Gasteiger partial charge in [-0.05, 0) is 52.4 Å². The Morgan fingerprint density at radius 1 is 1.08 bits per heavy atom. The molecular weight excluding hydrogens is 386 g/mol. The summed E-state index contributed by atoms with van der Waals surface area (Å²) in [5.41, 5.74) is 3.01. The van der Waals surface area contributed by atoms with Gasteiger partial charge in [0.05, 0.1) is 0 Å². The minimum Gasteiger partial charge on any atom is -0.454 e. The molecule has 0 saturated heterocycles. The summed E-state index contributed by atoms with van der Waals surface area (Å²) >= 11 is 3.47. The van der Waals surface area contributed by atoms with Crippen molar-refractivity contribution < 1.29 is 9.47 Å². The maximum atomic E-state index is 5.48. The summed E-state index contributed by atoms with van der Waals surface area (Å²) in [6, 6.07) is 13.9. The molecule has 0 fully saturated rings. The van der Waals surface area contributed by atoms with Gasteiger partial charge in [-0.3, -0.25) is 0 Å². The number of nitrogens with zero attached hydrogens (tertiary/aromatic N) is 4. The third kappa shape index (κ3) is 2.45. The number of halogens is 1. The van der Waals surface area contributed by atoms with E-state index >= 15 is 0 Å². The first kappa shape index (κ1) is 14.5. The molecule has 25 heavy (non-hydrogen) atoms. The van der Waals surface area contributed by atoms with Crippen molar-refractivity contribution >= 4 is 27.6 Å². The van der Waals surface area contributed by atoms with Crippen LogP contribution in [0, 0.1) is 0 Å². The zero-order valence-corrected chi connectivity index (χ0v) is 14.5. The van der Waals surface area contributed by atoms with E-state index in [1.807, 2.05) is 30.3 Å². The van der Waals surface area contributed by atoms with Crippen LogP contribution in [0.15, 0.2) is 53.0 Å². The fraction of sp³-hybridized carbons (Fsp3) is 0.118. The maximum absolute atomic E-state index is 5.48. The van der Waals surface area contributed by atoms with Crippen molar-refractivity contribution in [3.63, 3.8) is 0 Å². The number of nitrogens with one attached hydrogen (secondary N) is 1. The van der Waals surface area contributed by atoms with Crippen LogP contribution >= 0.6 is 15.9 Å². The summed E-state index contributed by atoms with van der Waals surface area (Å²) in [7, 11) is 0. The van der Waals surface area contributed by atoms with E-state index in [1.54, 1.807) is 4.68 Å². The molecule has 0 amide bonds. The molecule has 8 heteroatoms. The van der Waals surface area contributed by atoms with Crippen molar-refractivity contribution in [3.05, 3.63) is 64.1 Å². The predicted octanol–water partition coefficient (Wildman–Crippen LogP) is 3.22. The number of benzene rings is 2. The second-order valence-electron chi connectivity index (χ2n) is 5.72. The number of anilines is 1. The molecule has 1 unspecified atom stereocenters. The third-order valence-electron chi connectivity index (χ3n) is 4.22. The van der Waals surface area contributed by atoms with Gasteiger partial charge in [-0.25, -0.2) is 0 Å². The summed E-state index contributed by atoms with van der Waals surface area (Å²) in [5.74, 6) is 2.10. The van der Waals surface area contributed by atoms with Crippen LogP contribution in [0.1, 0.15) is 17.2 Å². The molecule has 7 nitrogen and oxygen atoms in total.